The fourth-order valence-electron chi connectivity index (χ4n) is 8.16. The van der Waals surface area contributed by atoms with Crippen LogP contribution in [0.4, 0.5) is 0 Å². The van der Waals surface area contributed by atoms with E-state index in [1.807, 2.05) is 7.11 Å². The first-order valence-corrected chi connectivity index (χ1v) is 12.1. The van der Waals surface area contributed by atoms with Crippen LogP contribution in [0.1, 0.15) is 69.9 Å². The molecule has 0 N–H and O–H groups in total. The molecule has 2 unspecified atom stereocenters. The normalized spacial score (nSPS) is 37.1. The largest absolute Gasteiger partial charge is 0.496 e. The average Bonchev–Trinajstić information content (AvgIpc) is 2.70. The van der Waals surface area contributed by atoms with Crippen LogP contribution in [0.3, 0.4) is 0 Å². The van der Waals surface area contributed by atoms with Gasteiger partial charge in [0, 0.05) is 12.1 Å². The van der Waals surface area contributed by atoms with Crippen molar-refractivity contribution >= 4 is 0 Å². The van der Waals surface area contributed by atoms with Crippen molar-refractivity contribution in [3.05, 3.63) is 29.3 Å². The van der Waals surface area contributed by atoms with Gasteiger partial charge < -0.3 is 4.74 Å². The van der Waals surface area contributed by atoms with Gasteiger partial charge in [0.2, 0.25) is 0 Å². The molecular formula is C26H39NO. The van der Waals surface area contributed by atoms with Gasteiger partial charge in [-0.05, 0) is 118 Å². The van der Waals surface area contributed by atoms with Crippen LogP contribution in [-0.4, -0.2) is 30.6 Å². The van der Waals surface area contributed by atoms with E-state index in [0.29, 0.717) is 6.04 Å². The third-order valence-corrected chi connectivity index (χ3v) is 8.97. The smallest absolute Gasteiger partial charge is 0.122 e. The maximum atomic E-state index is 5.74. The number of benzene rings is 1. The molecule has 2 atom stereocenters. The summed E-state index contributed by atoms with van der Waals surface area (Å²) in [4.78, 5) is 2.95. The number of rotatable bonds is 6. The standard InChI is InChI=1S/C26H39NO/c1-4-10-27(23-9-8-20-6-5-7-25(28-3)24(20)16-23)17(2)26-21-12-18-11-19(14-21)15-22(26)13-18/h5-7,17-19,21-23,26H,4,8-16H2,1-3H3. The molecule has 5 aliphatic carbocycles. The van der Waals surface area contributed by atoms with Crippen LogP contribution >= 0.6 is 0 Å². The summed E-state index contributed by atoms with van der Waals surface area (Å²) in [5, 5.41) is 0. The number of fused-ring (bicyclic) bond motifs is 1. The summed E-state index contributed by atoms with van der Waals surface area (Å²) in [6.07, 6.45) is 12.7. The Morgan fingerprint density at radius 2 is 1.79 bits per heavy atom. The Morgan fingerprint density at radius 1 is 1.07 bits per heavy atom. The number of hydrogen-bond donors (Lipinski definition) is 0. The van der Waals surface area contributed by atoms with E-state index in [1.54, 1.807) is 32.1 Å². The Labute approximate surface area is 172 Å². The van der Waals surface area contributed by atoms with E-state index in [0.717, 1.165) is 41.4 Å². The Hall–Kier alpha value is -1.02. The van der Waals surface area contributed by atoms with E-state index < -0.39 is 0 Å². The van der Waals surface area contributed by atoms with Gasteiger partial charge in [0.1, 0.15) is 5.75 Å². The van der Waals surface area contributed by atoms with Crippen molar-refractivity contribution in [3.8, 4) is 5.75 Å². The van der Waals surface area contributed by atoms with Crippen molar-refractivity contribution < 1.29 is 4.74 Å². The summed E-state index contributed by atoms with van der Waals surface area (Å²) < 4.78 is 5.74. The quantitative estimate of drug-likeness (QED) is 0.624. The van der Waals surface area contributed by atoms with Crippen molar-refractivity contribution in [2.24, 2.45) is 29.6 Å². The highest BCUT2D eigenvalue weighted by Crippen LogP contribution is 2.58. The molecule has 4 saturated carbocycles. The predicted molar refractivity (Wildman–Crippen MR) is 116 cm³/mol. The van der Waals surface area contributed by atoms with Gasteiger partial charge in [0.15, 0.2) is 0 Å². The highest BCUT2D eigenvalue weighted by atomic mass is 16.5. The van der Waals surface area contributed by atoms with Crippen molar-refractivity contribution in [3.63, 3.8) is 0 Å². The van der Waals surface area contributed by atoms with Crippen molar-refractivity contribution in [1.82, 2.24) is 4.90 Å². The monoisotopic (exact) mass is 381 g/mol. The highest BCUT2D eigenvalue weighted by Gasteiger charge is 2.51. The zero-order chi connectivity index (χ0) is 19.3. The average molecular weight is 382 g/mol. The van der Waals surface area contributed by atoms with E-state index in [4.69, 9.17) is 4.74 Å². The molecule has 0 saturated heterocycles. The van der Waals surface area contributed by atoms with Crippen molar-refractivity contribution in [1.29, 1.82) is 0 Å². The van der Waals surface area contributed by atoms with Crippen LogP contribution in [0.5, 0.6) is 5.75 Å². The Kier molecular flexibility index (Phi) is 5.20. The van der Waals surface area contributed by atoms with Gasteiger partial charge in [-0.25, -0.2) is 0 Å². The molecule has 0 aromatic heterocycles. The van der Waals surface area contributed by atoms with E-state index in [9.17, 15) is 0 Å². The molecule has 6 rings (SSSR count). The number of methoxy groups -OCH3 is 1. The fourth-order valence-corrected chi connectivity index (χ4v) is 8.16. The summed E-state index contributed by atoms with van der Waals surface area (Å²) in [6, 6.07) is 8.08. The van der Waals surface area contributed by atoms with Gasteiger partial charge in [-0.2, -0.15) is 0 Å². The second-order valence-corrected chi connectivity index (χ2v) is 10.5. The fraction of sp³-hybridized carbons (Fsp3) is 0.769. The minimum atomic E-state index is 0.691. The first-order valence-electron chi connectivity index (χ1n) is 12.1. The lowest BCUT2D eigenvalue weighted by Crippen LogP contribution is -2.56. The van der Waals surface area contributed by atoms with Crippen LogP contribution in [-0.2, 0) is 12.8 Å². The Bertz CT molecular complexity index is 655. The van der Waals surface area contributed by atoms with Crippen LogP contribution < -0.4 is 4.74 Å². The van der Waals surface area contributed by atoms with Crippen LogP contribution in [0.15, 0.2) is 18.2 Å². The van der Waals surface area contributed by atoms with E-state index in [-0.39, 0.29) is 0 Å². The molecule has 2 heteroatoms. The molecule has 0 heterocycles. The molecule has 154 valence electrons. The molecule has 1 aromatic carbocycles. The van der Waals surface area contributed by atoms with E-state index >= 15 is 0 Å². The minimum absolute atomic E-state index is 0.691. The van der Waals surface area contributed by atoms with Gasteiger partial charge in [-0.1, -0.05) is 19.1 Å². The van der Waals surface area contributed by atoms with Gasteiger partial charge >= 0.3 is 0 Å². The zero-order valence-corrected chi connectivity index (χ0v) is 18.2. The topological polar surface area (TPSA) is 12.5 Å². The molecule has 5 aliphatic rings. The minimum Gasteiger partial charge on any atom is -0.496 e. The summed E-state index contributed by atoms with van der Waals surface area (Å²) >= 11 is 0. The van der Waals surface area contributed by atoms with Gasteiger partial charge in [-0.15, -0.1) is 0 Å². The maximum Gasteiger partial charge on any atom is 0.122 e. The van der Waals surface area contributed by atoms with E-state index in [2.05, 4.69) is 36.9 Å². The van der Waals surface area contributed by atoms with Crippen LogP contribution in [0.25, 0.3) is 0 Å². The first-order chi connectivity index (χ1) is 13.7. The summed E-state index contributed by atoms with van der Waals surface area (Å²) in [6.45, 7) is 6.23. The Balaban J connectivity index is 1.37. The highest BCUT2D eigenvalue weighted by molar-refractivity contribution is 5.42. The summed E-state index contributed by atoms with van der Waals surface area (Å²) in [5.74, 6) is 6.28. The summed E-state index contributed by atoms with van der Waals surface area (Å²) in [5.41, 5.74) is 3.01. The predicted octanol–water partition coefficient (Wildman–Crippen LogP) is 5.73. The SMILES string of the molecule is CCCN(C1CCc2cccc(OC)c2C1)C(C)C1C2CC3CC(C2)CC1C3. The molecule has 28 heavy (non-hydrogen) atoms. The molecule has 2 nitrogen and oxygen atoms in total. The van der Waals surface area contributed by atoms with E-state index in [1.165, 1.54) is 43.4 Å². The number of hydrogen-bond acceptors (Lipinski definition) is 2. The lowest BCUT2D eigenvalue weighted by Gasteiger charge is -2.58. The van der Waals surface area contributed by atoms with Crippen LogP contribution in [0.2, 0.25) is 0 Å². The molecule has 0 aliphatic heterocycles. The number of aryl methyl sites for hydroxylation is 1. The Morgan fingerprint density at radius 3 is 2.43 bits per heavy atom. The third-order valence-electron chi connectivity index (χ3n) is 8.97. The number of ether oxygens (including phenoxy) is 1. The van der Waals surface area contributed by atoms with Gasteiger partial charge in [-0.3, -0.25) is 4.90 Å². The molecule has 4 bridgehead atoms. The zero-order valence-electron chi connectivity index (χ0n) is 18.2. The first kappa shape index (κ1) is 19.0. The molecule has 4 fully saturated rings. The second kappa shape index (κ2) is 7.67. The molecule has 0 radical (unpaired) electrons. The lowest BCUT2D eigenvalue weighted by atomic mass is 9.50. The van der Waals surface area contributed by atoms with Gasteiger partial charge in [0.25, 0.3) is 0 Å². The molecular weight excluding hydrogens is 342 g/mol. The second-order valence-electron chi connectivity index (χ2n) is 10.5. The molecule has 0 spiro atoms. The maximum absolute atomic E-state index is 5.74. The molecule has 0 amide bonds. The summed E-state index contributed by atoms with van der Waals surface area (Å²) in [7, 11) is 1.83. The lowest BCUT2D eigenvalue weighted by molar-refractivity contribution is -0.0779. The molecule has 1 aromatic rings. The number of nitrogens with zero attached hydrogens (tertiary/aromatic N) is 1. The van der Waals surface area contributed by atoms with Crippen molar-refractivity contribution in [2.75, 3.05) is 13.7 Å². The third kappa shape index (κ3) is 3.20. The van der Waals surface area contributed by atoms with Crippen molar-refractivity contribution in [2.45, 2.75) is 83.7 Å². The van der Waals surface area contributed by atoms with Gasteiger partial charge in [0.05, 0.1) is 7.11 Å². The van der Waals surface area contributed by atoms with Crippen LogP contribution in [0, 0.1) is 29.6 Å².